The van der Waals surface area contributed by atoms with Crippen LogP contribution in [0.1, 0.15) is 18.1 Å². The molecule has 2 amide bonds. The summed E-state index contributed by atoms with van der Waals surface area (Å²) in [6, 6.07) is 19.7. The third-order valence-electron chi connectivity index (χ3n) is 5.43. The number of rotatable bonds is 11. The molecule has 10 nitrogen and oxygen atoms in total. The highest BCUT2D eigenvalue weighted by atomic mass is 32.2. The molecule has 0 radical (unpaired) electrons. The zero-order valence-corrected chi connectivity index (χ0v) is 25.3. The lowest BCUT2D eigenvalue weighted by atomic mass is 10.1. The number of sulfone groups is 1. The fraction of sp³-hybridized carbons (Fsp3) is 0.200. The van der Waals surface area contributed by atoms with E-state index in [9.17, 15) is 18.0 Å². The summed E-state index contributed by atoms with van der Waals surface area (Å²) in [6.07, 6.45) is 5.44. The SMILES string of the molecule is C=C/C=C\C.COc1cc(C)ccc1CC(=O)NC(CS(=O)(=O)c1ccc(Sc2ccccc2)cc1)C(=O)NO.NO. The van der Waals surface area contributed by atoms with Gasteiger partial charge in [-0.2, -0.15) is 0 Å². The molecule has 0 saturated heterocycles. The van der Waals surface area contributed by atoms with Gasteiger partial charge in [0, 0.05) is 15.4 Å². The second-order valence-corrected chi connectivity index (χ2v) is 11.7. The normalized spacial score (nSPS) is 11.2. The van der Waals surface area contributed by atoms with Crippen molar-refractivity contribution in [3.8, 4) is 5.75 Å². The molecule has 0 bridgehead atoms. The van der Waals surface area contributed by atoms with Crippen molar-refractivity contribution in [3.63, 3.8) is 0 Å². The van der Waals surface area contributed by atoms with E-state index in [4.69, 9.17) is 15.2 Å². The van der Waals surface area contributed by atoms with Crippen LogP contribution in [0, 0.1) is 6.92 Å². The number of nitrogens with one attached hydrogen (secondary N) is 2. The first-order valence-electron chi connectivity index (χ1n) is 12.6. The van der Waals surface area contributed by atoms with Gasteiger partial charge in [0.2, 0.25) is 5.91 Å². The van der Waals surface area contributed by atoms with Gasteiger partial charge >= 0.3 is 0 Å². The van der Waals surface area contributed by atoms with E-state index in [0.717, 1.165) is 15.4 Å². The molecule has 3 aromatic rings. The zero-order valence-electron chi connectivity index (χ0n) is 23.7. The van der Waals surface area contributed by atoms with E-state index in [-0.39, 0.29) is 11.3 Å². The van der Waals surface area contributed by atoms with Crippen LogP contribution in [0.4, 0.5) is 0 Å². The van der Waals surface area contributed by atoms with Crippen LogP contribution in [-0.2, 0) is 25.8 Å². The number of hydrogen-bond acceptors (Lipinski definition) is 9. The molecule has 0 aliphatic carbocycles. The molecule has 0 aromatic heterocycles. The van der Waals surface area contributed by atoms with Crippen molar-refractivity contribution in [2.45, 2.75) is 41.0 Å². The molecular formula is C30H37N3O7S2. The number of carbonyl (C=O) groups excluding carboxylic acids is 2. The number of hydroxylamine groups is 1. The predicted molar refractivity (Wildman–Crippen MR) is 163 cm³/mol. The maximum Gasteiger partial charge on any atom is 0.266 e. The van der Waals surface area contributed by atoms with Crippen LogP contribution in [0.2, 0.25) is 0 Å². The molecule has 0 aliphatic heterocycles. The number of hydrogen-bond donors (Lipinski definition) is 5. The van der Waals surface area contributed by atoms with Crippen LogP contribution in [0.25, 0.3) is 0 Å². The third kappa shape index (κ3) is 12.3. The molecule has 0 spiro atoms. The number of ether oxygens (including phenoxy) is 1. The Morgan fingerprint density at radius 1 is 1.05 bits per heavy atom. The van der Waals surface area contributed by atoms with E-state index in [2.05, 4.69) is 17.8 Å². The lowest BCUT2D eigenvalue weighted by Gasteiger charge is -2.18. The smallest absolute Gasteiger partial charge is 0.266 e. The number of benzene rings is 3. The lowest BCUT2D eigenvalue weighted by molar-refractivity contribution is -0.133. The van der Waals surface area contributed by atoms with Gasteiger partial charge in [0.1, 0.15) is 11.8 Å². The van der Waals surface area contributed by atoms with Gasteiger partial charge in [0.05, 0.1) is 24.2 Å². The summed E-state index contributed by atoms with van der Waals surface area (Å²) >= 11 is 1.48. The highest BCUT2D eigenvalue weighted by Crippen LogP contribution is 2.28. The summed E-state index contributed by atoms with van der Waals surface area (Å²) in [4.78, 5) is 26.6. The number of carbonyl (C=O) groups is 2. The molecule has 226 valence electrons. The van der Waals surface area contributed by atoms with Crippen LogP contribution in [0.15, 0.2) is 112 Å². The first-order chi connectivity index (χ1) is 20.1. The average Bonchev–Trinajstić information content (AvgIpc) is 2.99. The van der Waals surface area contributed by atoms with Gasteiger partial charge in [-0.1, -0.05) is 66.9 Å². The highest BCUT2D eigenvalue weighted by Gasteiger charge is 2.28. The Kier molecular flexibility index (Phi) is 16.5. The Balaban J connectivity index is 0.00000114. The van der Waals surface area contributed by atoms with Crippen molar-refractivity contribution in [1.82, 2.24) is 10.8 Å². The van der Waals surface area contributed by atoms with Crippen molar-refractivity contribution in [2.75, 3.05) is 12.9 Å². The van der Waals surface area contributed by atoms with Crippen molar-refractivity contribution in [2.24, 2.45) is 5.90 Å². The summed E-state index contributed by atoms with van der Waals surface area (Å²) in [5.74, 6) is 1.66. The minimum absolute atomic E-state index is 0.0000965. The van der Waals surface area contributed by atoms with E-state index in [1.54, 1.807) is 30.3 Å². The quantitative estimate of drug-likeness (QED) is 0.120. The number of aryl methyl sites for hydroxylation is 1. The number of methoxy groups -OCH3 is 1. The minimum atomic E-state index is -3.96. The second-order valence-electron chi connectivity index (χ2n) is 8.52. The van der Waals surface area contributed by atoms with Gasteiger partial charge in [-0.05, 0) is 61.9 Å². The fourth-order valence-corrected chi connectivity index (χ4v) is 5.72. The van der Waals surface area contributed by atoms with Crippen LogP contribution in [0.3, 0.4) is 0 Å². The van der Waals surface area contributed by atoms with Gasteiger partial charge in [-0.25, -0.2) is 19.8 Å². The molecule has 0 saturated carbocycles. The first kappa shape index (κ1) is 36.1. The molecule has 42 heavy (non-hydrogen) atoms. The topological polar surface area (TPSA) is 168 Å². The first-order valence-corrected chi connectivity index (χ1v) is 15.0. The summed E-state index contributed by atoms with van der Waals surface area (Å²) < 4.78 is 31.2. The number of nitrogens with two attached hydrogens (primary N) is 1. The summed E-state index contributed by atoms with van der Waals surface area (Å²) in [5, 5.41) is 18.0. The summed E-state index contributed by atoms with van der Waals surface area (Å²) in [5.41, 5.74) is 2.95. The maximum absolute atomic E-state index is 13.0. The van der Waals surface area contributed by atoms with E-state index < -0.39 is 33.4 Å². The average molecular weight is 616 g/mol. The number of amides is 2. The Labute approximate surface area is 251 Å². The number of allylic oxidation sites excluding steroid dienone is 3. The van der Waals surface area contributed by atoms with Gasteiger partial charge in [-0.3, -0.25) is 14.8 Å². The fourth-order valence-electron chi connectivity index (χ4n) is 3.47. The largest absolute Gasteiger partial charge is 0.496 e. The molecule has 12 heteroatoms. The van der Waals surface area contributed by atoms with Crippen molar-refractivity contribution in [1.29, 1.82) is 0 Å². The van der Waals surface area contributed by atoms with Crippen LogP contribution >= 0.6 is 11.8 Å². The molecule has 3 rings (SSSR count). The summed E-state index contributed by atoms with van der Waals surface area (Å²) in [7, 11) is -2.48. The summed E-state index contributed by atoms with van der Waals surface area (Å²) in [6.45, 7) is 7.30. The maximum atomic E-state index is 13.0. The molecule has 0 heterocycles. The molecule has 0 aliphatic rings. The molecule has 1 unspecified atom stereocenters. The molecule has 1 atom stereocenters. The Hall–Kier alpha value is -3.94. The Morgan fingerprint density at radius 2 is 1.67 bits per heavy atom. The molecule has 6 N–H and O–H groups in total. The van der Waals surface area contributed by atoms with Gasteiger partial charge in [-0.15, -0.1) is 0 Å². The van der Waals surface area contributed by atoms with Crippen LogP contribution in [0.5, 0.6) is 5.75 Å². The molecule has 0 fully saturated rings. The van der Waals surface area contributed by atoms with E-state index in [1.165, 1.54) is 36.5 Å². The molecule has 3 aromatic carbocycles. The standard InChI is InChI=1S/C25H26N2O6S2.C5H8.H3NO/c1-17-8-9-18(23(14-17)33-2)15-24(28)26-22(25(29)27-30)16-35(31,32)21-12-10-20(11-13-21)34-19-6-4-3-5-7-19;1-3-5-4-2;1-2/h3-14,22,30H,15-16H2,1-2H3,(H,26,28)(H,27,29);3-5H,1H2,2H3;2H,1H2/b;5-4-;. The zero-order chi connectivity index (χ0) is 31.5. The predicted octanol–water partition coefficient (Wildman–Crippen LogP) is 4.24. The van der Waals surface area contributed by atoms with E-state index in [1.807, 2.05) is 62.4 Å². The lowest BCUT2D eigenvalue weighted by Crippen LogP contribution is -2.50. The molecular weight excluding hydrogens is 578 g/mol. The van der Waals surface area contributed by atoms with Crippen LogP contribution < -0.4 is 21.4 Å². The van der Waals surface area contributed by atoms with Crippen molar-refractivity contribution in [3.05, 3.63) is 109 Å². The van der Waals surface area contributed by atoms with Crippen LogP contribution in [-0.4, -0.2) is 49.6 Å². The van der Waals surface area contributed by atoms with Crippen molar-refractivity contribution < 1.29 is 33.2 Å². The third-order valence-corrected chi connectivity index (χ3v) is 8.21. The second kappa shape index (κ2) is 19.2. The van der Waals surface area contributed by atoms with E-state index >= 15 is 0 Å². The van der Waals surface area contributed by atoms with Gasteiger partial charge in [0.25, 0.3) is 5.91 Å². The monoisotopic (exact) mass is 615 g/mol. The highest BCUT2D eigenvalue weighted by molar-refractivity contribution is 7.99. The van der Waals surface area contributed by atoms with Gasteiger partial charge < -0.3 is 15.3 Å². The minimum Gasteiger partial charge on any atom is -0.496 e. The Morgan fingerprint density at radius 3 is 2.19 bits per heavy atom. The Bertz CT molecular complexity index is 1410. The van der Waals surface area contributed by atoms with Gasteiger partial charge in [0.15, 0.2) is 9.84 Å². The van der Waals surface area contributed by atoms with Crippen molar-refractivity contribution >= 4 is 33.4 Å². The van der Waals surface area contributed by atoms with E-state index in [0.29, 0.717) is 11.3 Å².